The van der Waals surface area contributed by atoms with Crippen molar-refractivity contribution in [3.63, 3.8) is 0 Å². The third-order valence-electron chi connectivity index (χ3n) is 3.79. The molecular formula is C17H19NO3S. The van der Waals surface area contributed by atoms with Gasteiger partial charge in [-0.15, -0.1) is 0 Å². The first kappa shape index (κ1) is 15.2. The maximum absolute atomic E-state index is 12.7. The predicted octanol–water partition coefficient (Wildman–Crippen LogP) is 2.32. The molecule has 0 amide bonds. The van der Waals surface area contributed by atoms with E-state index >= 15 is 0 Å². The van der Waals surface area contributed by atoms with Crippen LogP contribution in [0, 0.1) is 0 Å². The van der Waals surface area contributed by atoms with Crippen LogP contribution in [0.25, 0.3) is 0 Å². The van der Waals surface area contributed by atoms with Crippen LogP contribution in [-0.2, 0) is 21.2 Å². The van der Waals surface area contributed by atoms with E-state index in [0.29, 0.717) is 24.6 Å². The third kappa shape index (κ3) is 3.38. The van der Waals surface area contributed by atoms with Gasteiger partial charge in [-0.2, -0.15) is 4.31 Å². The van der Waals surface area contributed by atoms with Gasteiger partial charge in [0.05, 0.1) is 17.6 Å². The summed E-state index contributed by atoms with van der Waals surface area (Å²) in [6.45, 7) is 1.23. The number of rotatable bonds is 4. The number of ether oxygens (including phenoxy) is 1. The fourth-order valence-electron chi connectivity index (χ4n) is 2.65. The highest BCUT2D eigenvalue weighted by atomic mass is 32.2. The first-order valence-electron chi connectivity index (χ1n) is 7.37. The molecular weight excluding hydrogens is 298 g/mol. The van der Waals surface area contributed by atoms with Crippen molar-refractivity contribution in [2.45, 2.75) is 17.4 Å². The standard InChI is InChI=1S/C17H19NO3S/c19-22(20,17-9-5-2-6-10-17)18-11-12-21-16(14-18)13-15-7-3-1-4-8-15/h1-10,16H,11-14H2. The summed E-state index contributed by atoms with van der Waals surface area (Å²) in [4.78, 5) is 0.343. The third-order valence-corrected chi connectivity index (χ3v) is 5.67. The Morgan fingerprint density at radius 2 is 1.64 bits per heavy atom. The molecule has 2 aromatic rings. The molecule has 1 aliphatic heterocycles. The Morgan fingerprint density at radius 1 is 1.00 bits per heavy atom. The molecule has 1 fully saturated rings. The van der Waals surface area contributed by atoms with E-state index in [1.54, 1.807) is 24.3 Å². The van der Waals surface area contributed by atoms with E-state index in [1.807, 2.05) is 36.4 Å². The van der Waals surface area contributed by atoms with Crippen LogP contribution in [0.4, 0.5) is 0 Å². The molecule has 0 spiro atoms. The molecule has 22 heavy (non-hydrogen) atoms. The topological polar surface area (TPSA) is 46.6 Å². The van der Waals surface area contributed by atoms with Gasteiger partial charge in [0.1, 0.15) is 0 Å². The van der Waals surface area contributed by atoms with E-state index in [0.717, 1.165) is 12.0 Å². The second-order valence-electron chi connectivity index (χ2n) is 5.36. The average Bonchev–Trinajstić information content (AvgIpc) is 2.57. The zero-order valence-corrected chi connectivity index (χ0v) is 13.1. The van der Waals surface area contributed by atoms with Gasteiger partial charge in [0, 0.05) is 13.1 Å². The number of sulfonamides is 1. The second kappa shape index (κ2) is 6.60. The summed E-state index contributed by atoms with van der Waals surface area (Å²) >= 11 is 0. The number of hydrogen-bond acceptors (Lipinski definition) is 3. The Hall–Kier alpha value is -1.69. The van der Waals surface area contributed by atoms with Gasteiger partial charge in [0.25, 0.3) is 0 Å². The van der Waals surface area contributed by atoms with Crippen LogP contribution in [0.1, 0.15) is 5.56 Å². The van der Waals surface area contributed by atoms with E-state index in [4.69, 9.17) is 4.74 Å². The maximum atomic E-state index is 12.7. The summed E-state index contributed by atoms with van der Waals surface area (Å²) in [5.74, 6) is 0. The van der Waals surface area contributed by atoms with Crippen molar-refractivity contribution in [3.05, 3.63) is 66.2 Å². The molecule has 0 saturated carbocycles. The number of benzene rings is 2. The normalized spacial score (nSPS) is 19.9. The summed E-state index contributed by atoms with van der Waals surface area (Å²) in [6.07, 6.45) is 0.622. The molecule has 1 aliphatic rings. The maximum Gasteiger partial charge on any atom is 0.243 e. The molecule has 0 bridgehead atoms. The fraction of sp³-hybridized carbons (Fsp3) is 0.294. The van der Waals surface area contributed by atoms with Gasteiger partial charge in [-0.1, -0.05) is 48.5 Å². The lowest BCUT2D eigenvalue weighted by Gasteiger charge is -2.32. The molecule has 1 atom stereocenters. The van der Waals surface area contributed by atoms with E-state index < -0.39 is 10.0 Å². The zero-order valence-electron chi connectivity index (χ0n) is 12.3. The molecule has 0 aliphatic carbocycles. The van der Waals surface area contributed by atoms with Crippen molar-refractivity contribution >= 4 is 10.0 Å². The minimum absolute atomic E-state index is 0.102. The van der Waals surface area contributed by atoms with Crippen molar-refractivity contribution < 1.29 is 13.2 Å². The first-order chi connectivity index (χ1) is 10.7. The van der Waals surface area contributed by atoms with Gasteiger partial charge < -0.3 is 4.74 Å². The average molecular weight is 317 g/mol. The fourth-order valence-corrected chi connectivity index (χ4v) is 4.13. The predicted molar refractivity (Wildman–Crippen MR) is 85.1 cm³/mol. The van der Waals surface area contributed by atoms with Crippen LogP contribution in [0.3, 0.4) is 0 Å². The quantitative estimate of drug-likeness (QED) is 0.869. The van der Waals surface area contributed by atoms with Crippen molar-refractivity contribution in [2.75, 3.05) is 19.7 Å². The highest BCUT2D eigenvalue weighted by Crippen LogP contribution is 2.20. The van der Waals surface area contributed by atoms with Gasteiger partial charge in [-0.3, -0.25) is 0 Å². The molecule has 1 heterocycles. The lowest BCUT2D eigenvalue weighted by atomic mass is 10.1. The Kier molecular flexibility index (Phi) is 4.57. The summed E-state index contributed by atoms with van der Waals surface area (Å²) in [5.41, 5.74) is 1.16. The van der Waals surface area contributed by atoms with Crippen molar-refractivity contribution in [2.24, 2.45) is 0 Å². The molecule has 0 aromatic heterocycles. The summed E-state index contributed by atoms with van der Waals surface area (Å²) in [7, 11) is -3.43. The molecule has 0 N–H and O–H groups in total. The zero-order chi connectivity index (χ0) is 15.4. The Labute approximate surface area is 131 Å². The number of nitrogens with zero attached hydrogens (tertiary/aromatic N) is 1. The largest absolute Gasteiger partial charge is 0.375 e. The van der Waals surface area contributed by atoms with E-state index in [2.05, 4.69) is 0 Å². The Morgan fingerprint density at radius 3 is 2.32 bits per heavy atom. The smallest absolute Gasteiger partial charge is 0.243 e. The molecule has 3 rings (SSSR count). The molecule has 5 heteroatoms. The van der Waals surface area contributed by atoms with Crippen LogP contribution in [0.5, 0.6) is 0 Å². The van der Waals surface area contributed by atoms with Crippen LogP contribution in [0.15, 0.2) is 65.6 Å². The molecule has 116 valence electrons. The van der Waals surface area contributed by atoms with Crippen molar-refractivity contribution in [1.29, 1.82) is 0 Å². The van der Waals surface area contributed by atoms with Gasteiger partial charge in [-0.25, -0.2) is 8.42 Å². The highest BCUT2D eigenvalue weighted by molar-refractivity contribution is 7.89. The van der Waals surface area contributed by atoms with Crippen LogP contribution in [0.2, 0.25) is 0 Å². The van der Waals surface area contributed by atoms with E-state index in [9.17, 15) is 8.42 Å². The molecule has 2 aromatic carbocycles. The number of hydrogen-bond donors (Lipinski definition) is 0. The van der Waals surface area contributed by atoms with Crippen LogP contribution in [-0.4, -0.2) is 38.5 Å². The lowest BCUT2D eigenvalue weighted by Crippen LogP contribution is -2.46. The minimum atomic E-state index is -3.43. The molecule has 1 unspecified atom stereocenters. The van der Waals surface area contributed by atoms with Crippen molar-refractivity contribution in [3.8, 4) is 0 Å². The number of morpholine rings is 1. The second-order valence-corrected chi connectivity index (χ2v) is 7.30. The van der Waals surface area contributed by atoms with Gasteiger partial charge in [-0.05, 0) is 24.1 Å². The lowest BCUT2D eigenvalue weighted by molar-refractivity contribution is -0.000494. The highest BCUT2D eigenvalue weighted by Gasteiger charge is 2.30. The van der Waals surface area contributed by atoms with E-state index in [1.165, 1.54) is 4.31 Å². The first-order valence-corrected chi connectivity index (χ1v) is 8.81. The van der Waals surface area contributed by atoms with Gasteiger partial charge in [0.2, 0.25) is 10.0 Å². The molecule has 4 nitrogen and oxygen atoms in total. The monoisotopic (exact) mass is 317 g/mol. The Balaban J connectivity index is 1.73. The molecule has 1 saturated heterocycles. The van der Waals surface area contributed by atoms with E-state index in [-0.39, 0.29) is 6.10 Å². The summed E-state index contributed by atoms with van der Waals surface area (Å²) < 4.78 is 32.6. The SMILES string of the molecule is O=S(=O)(c1ccccc1)N1CCOC(Cc2ccccc2)C1. The molecule has 0 radical (unpaired) electrons. The summed E-state index contributed by atoms with van der Waals surface area (Å²) in [5, 5.41) is 0. The van der Waals surface area contributed by atoms with Crippen molar-refractivity contribution in [1.82, 2.24) is 4.31 Å². The van der Waals surface area contributed by atoms with Crippen LogP contribution >= 0.6 is 0 Å². The van der Waals surface area contributed by atoms with Gasteiger partial charge in [0.15, 0.2) is 0 Å². The minimum Gasteiger partial charge on any atom is -0.375 e. The van der Waals surface area contributed by atoms with Crippen LogP contribution < -0.4 is 0 Å². The Bertz CT molecular complexity index is 701. The summed E-state index contributed by atoms with van der Waals surface area (Å²) in [6, 6.07) is 18.6. The van der Waals surface area contributed by atoms with Gasteiger partial charge >= 0.3 is 0 Å².